The van der Waals surface area contributed by atoms with Gasteiger partial charge in [-0.1, -0.05) is 6.08 Å². The van der Waals surface area contributed by atoms with Gasteiger partial charge in [-0.05, 0) is 19.8 Å². The van der Waals surface area contributed by atoms with E-state index in [4.69, 9.17) is 9.47 Å². The van der Waals surface area contributed by atoms with Crippen molar-refractivity contribution in [3.63, 3.8) is 0 Å². The van der Waals surface area contributed by atoms with Gasteiger partial charge in [0.2, 0.25) is 5.91 Å². The summed E-state index contributed by atoms with van der Waals surface area (Å²) in [6, 6.07) is 0. The summed E-state index contributed by atoms with van der Waals surface area (Å²) in [4.78, 5) is 27.1. The second kappa shape index (κ2) is 8.79. The third-order valence-electron chi connectivity index (χ3n) is 3.47. The van der Waals surface area contributed by atoms with Crippen molar-refractivity contribution in [1.82, 2.24) is 9.80 Å². The van der Waals surface area contributed by atoms with E-state index >= 15 is 0 Å². The molecule has 21 heavy (non-hydrogen) atoms. The predicted octanol–water partition coefficient (Wildman–Crippen LogP) is 0.673. The summed E-state index contributed by atoms with van der Waals surface area (Å²) in [5.74, 6) is -0.239. The van der Waals surface area contributed by atoms with E-state index in [1.807, 2.05) is 0 Å². The average molecular weight is 298 g/mol. The zero-order chi connectivity index (χ0) is 15.8. The number of likely N-dealkylation sites (tertiary alicyclic amines) is 1. The zero-order valence-electron chi connectivity index (χ0n) is 13.2. The fraction of sp³-hybridized carbons (Fsp3) is 0.733. The Bertz CT molecular complexity index is 363. The number of piperidine rings is 1. The highest BCUT2D eigenvalue weighted by atomic mass is 16.6. The molecule has 1 fully saturated rings. The fourth-order valence-electron chi connectivity index (χ4n) is 2.06. The van der Waals surface area contributed by atoms with E-state index in [1.54, 1.807) is 32.0 Å². The maximum Gasteiger partial charge on any atom is 0.335 e. The van der Waals surface area contributed by atoms with Crippen LogP contribution in [-0.4, -0.2) is 74.2 Å². The van der Waals surface area contributed by atoms with Crippen molar-refractivity contribution >= 4 is 11.9 Å². The Hall–Kier alpha value is -1.40. The highest BCUT2D eigenvalue weighted by Gasteiger charge is 2.25. The number of ether oxygens (including phenoxy) is 2. The van der Waals surface area contributed by atoms with Crippen LogP contribution in [0.1, 0.15) is 19.8 Å². The van der Waals surface area contributed by atoms with Gasteiger partial charge in [0.15, 0.2) is 6.10 Å². The van der Waals surface area contributed by atoms with Gasteiger partial charge in [-0.2, -0.15) is 0 Å². The van der Waals surface area contributed by atoms with E-state index in [0.29, 0.717) is 13.2 Å². The SMILES string of the molecule is C=CCOC(C)C(=O)OC1CCN(CC(=O)N(C)C)CC1. The maximum absolute atomic E-state index is 11.8. The molecule has 0 aromatic rings. The zero-order valence-corrected chi connectivity index (χ0v) is 13.2. The number of likely N-dealkylation sites (N-methyl/N-ethyl adjacent to an activating group) is 1. The minimum Gasteiger partial charge on any atom is -0.460 e. The summed E-state index contributed by atoms with van der Waals surface area (Å²) in [6.45, 7) is 7.50. The molecule has 1 amide bonds. The lowest BCUT2D eigenvalue weighted by Gasteiger charge is -2.32. The Labute approximate surface area is 126 Å². The van der Waals surface area contributed by atoms with Gasteiger partial charge in [-0.3, -0.25) is 9.69 Å². The second-order valence-corrected chi connectivity index (χ2v) is 5.46. The molecular formula is C15H26N2O4. The van der Waals surface area contributed by atoms with Crippen LogP contribution in [0.5, 0.6) is 0 Å². The number of carbonyl (C=O) groups excluding carboxylic acids is 2. The Morgan fingerprint density at radius 2 is 2.00 bits per heavy atom. The van der Waals surface area contributed by atoms with Gasteiger partial charge in [0, 0.05) is 27.2 Å². The van der Waals surface area contributed by atoms with Crippen LogP contribution in [0.3, 0.4) is 0 Å². The van der Waals surface area contributed by atoms with Gasteiger partial charge in [-0.25, -0.2) is 4.79 Å². The second-order valence-electron chi connectivity index (χ2n) is 5.46. The third kappa shape index (κ3) is 6.27. The number of rotatable bonds is 7. The molecule has 0 spiro atoms. The van der Waals surface area contributed by atoms with E-state index in [0.717, 1.165) is 25.9 Å². The summed E-state index contributed by atoms with van der Waals surface area (Å²) >= 11 is 0. The van der Waals surface area contributed by atoms with Gasteiger partial charge in [0.25, 0.3) is 0 Å². The minimum absolute atomic E-state index is 0.0852. The summed E-state index contributed by atoms with van der Waals surface area (Å²) in [7, 11) is 3.50. The number of nitrogens with zero attached hydrogens (tertiary/aromatic N) is 2. The van der Waals surface area contributed by atoms with Gasteiger partial charge < -0.3 is 14.4 Å². The molecule has 1 unspecified atom stereocenters. The number of hydrogen-bond acceptors (Lipinski definition) is 5. The largest absolute Gasteiger partial charge is 0.460 e. The molecule has 1 rings (SSSR count). The molecule has 0 bridgehead atoms. The molecule has 0 radical (unpaired) electrons. The Balaban J connectivity index is 2.28. The molecule has 6 heteroatoms. The van der Waals surface area contributed by atoms with Crippen LogP contribution in [0.2, 0.25) is 0 Å². The summed E-state index contributed by atoms with van der Waals surface area (Å²) in [5.41, 5.74) is 0. The highest BCUT2D eigenvalue weighted by molar-refractivity contribution is 5.77. The summed E-state index contributed by atoms with van der Waals surface area (Å²) in [5, 5.41) is 0. The smallest absolute Gasteiger partial charge is 0.335 e. The third-order valence-corrected chi connectivity index (χ3v) is 3.47. The van der Waals surface area contributed by atoms with Gasteiger partial charge in [0.1, 0.15) is 6.10 Å². The van der Waals surface area contributed by atoms with Crippen LogP contribution < -0.4 is 0 Å². The molecule has 1 aliphatic rings. The molecule has 1 saturated heterocycles. The monoisotopic (exact) mass is 298 g/mol. The average Bonchev–Trinajstić information content (AvgIpc) is 2.46. The minimum atomic E-state index is -0.573. The van der Waals surface area contributed by atoms with E-state index in [-0.39, 0.29) is 18.0 Å². The molecule has 120 valence electrons. The van der Waals surface area contributed by atoms with Crippen molar-refractivity contribution in [2.75, 3.05) is 40.3 Å². The standard InChI is InChI=1S/C15H26N2O4/c1-5-10-20-12(2)15(19)21-13-6-8-17(9-7-13)11-14(18)16(3)4/h5,12-13H,1,6-11H2,2-4H3. The van der Waals surface area contributed by atoms with E-state index in [1.165, 1.54) is 0 Å². The van der Waals surface area contributed by atoms with E-state index < -0.39 is 6.10 Å². The first kappa shape index (κ1) is 17.7. The fourth-order valence-corrected chi connectivity index (χ4v) is 2.06. The van der Waals surface area contributed by atoms with Gasteiger partial charge in [-0.15, -0.1) is 6.58 Å². The Morgan fingerprint density at radius 1 is 1.38 bits per heavy atom. The van der Waals surface area contributed by atoms with Crippen LogP contribution in [0, 0.1) is 0 Å². The lowest BCUT2D eigenvalue weighted by Crippen LogP contribution is -2.43. The van der Waals surface area contributed by atoms with Crippen molar-refractivity contribution < 1.29 is 19.1 Å². The highest BCUT2D eigenvalue weighted by Crippen LogP contribution is 2.15. The molecule has 0 saturated carbocycles. The first-order valence-corrected chi connectivity index (χ1v) is 7.29. The molecule has 1 atom stereocenters. The molecule has 1 aliphatic heterocycles. The van der Waals surface area contributed by atoms with Crippen LogP contribution >= 0.6 is 0 Å². The molecule has 0 aromatic heterocycles. The number of amides is 1. The van der Waals surface area contributed by atoms with Gasteiger partial charge in [0.05, 0.1) is 13.2 Å². The Kier molecular flexibility index (Phi) is 7.39. The predicted molar refractivity (Wildman–Crippen MR) is 79.9 cm³/mol. The summed E-state index contributed by atoms with van der Waals surface area (Å²) in [6.07, 6.45) is 2.44. The molecule has 0 aromatic carbocycles. The van der Waals surface area contributed by atoms with Crippen molar-refractivity contribution in [1.29, 1.82) is 0 Å². The molecule has 0 N–H and O–H groups in total. The summed E-state index contributed by atoms with van der Waals surface area (Å²) < 4.78 is 10.7. The molecule has 0 aliphatic carbocycles. The van der Waals surface area contributed by atoms with Crippen LogP contribution in [-0.2, 0) is 19.1 Å². The maximum atomic E-state index is 11.8. The van der Waals surface area contributed by atoms with Gasteiger partial charge >= 0.3 is 5.97 Å². The molecule has 1 heterocycles. The van der Waals surface area contributed by atoms with E-state index in [9.17, 15) is 9.59 Å². The van der Waals surface area contributed by atoms with Crippen LogP contribution in [0.4, 0.5) is 0 Å². The van der Waals surface area contributed by atoms with Crippen molar-refractivity contribution in [2.24, 2.45) is 0 Å². The van der Waals surface area contributed by atoms with Crippen LogP contribution in [0.25, 0.3) is 0 Å². The number of hydrogen-bond donors (Lipinski definition) is 0. The topological polar surface area (TPSA) is 59.1 Å². The van der Waals surface area contributed by atoms with Crippen molar-refractivity contribution in [3.8, 4) is 0 Å². The van der Waals surface area contributed by atoms with Crippen LogP contribution in [0.15, 0.2) is 12.7 Å². The van der Waals surface area contributed by atoms with Crippen molar-refractivity contribution in [2.45, 2.75) is 32.0 Å². The number of carbonyl (C=O) groups is 2. The lowest BCUT2D eigenvalue weighted by atomic mass is 10.1. The lowest BCUT2D eigenvalue weighted by molar-refractivity contribution is -0.163. The first-order chi connectivity index (χ1) is 9.93. The normalized spacial score (nSPS) is 18.0. The molecule has 6 nitrogen and oxygen atoms in total. The number of esters is 1. The first-order valence-electron chi connectivity index (χ1n) is 7.29. The Morgan fingerprint density at radius 3 is 2.52 bits per heavy atom. The van der Waals surface area contributed by atoms with E-state index in [2.05, 4.69) is 11.5 Å². The van der Waals surface area contributed by atoms with Crippen molar-refractivity contribution in [3.05, 3.63) is 12.7 Å². The quantitative estimate of drug-likeness (QED) is 0.511. The molecular weight excluding hydrogens is 272 g/mol.